The summed E-state index contributed by atoms with van der Waals surface area (Å²) in [6, 6.07) is 22.2. The summed E-state index contributed by atoms with van der Waals surface area (Å²) >= 11 is 0. The Kier molecular flexibility index (Phi) is 4.81. The standard InChI is InChI=1S/C27H28N2/c1-3-16-29-17-15-23-24(18-29)27(21-11-9-19(4-2)10-12-21)28-25-14-13-20-7-5-6-8-22(20)26(23)25/h5-14H,3-4,15-18H2,1-2H3. The van der Waals surface area contributed by atoms with Gasteiger partial charge in [0.2, 0.25) is 0 Å². The van der Waals surface area contributed by atoms with Crippen molar-refractivity contribution in [2.75, 3.05) is 13.1 Å². The third-order valence-corrected chi connectivity index (χ3v) is 6.33. The van der Waals surface area contributed by atoms with E-state index in [4.69, 9.17) is 4.98 Å². The molecule has 1 aliphatic heterocycles. The Morgan fingerprint density at radius 3 is 2.52 bits per heavy atom. The predicted octanol–water partition coefficient (Wildman–Crippen LogP) is 6.39. The first-order valence-corrected chi connectivity index (χ1v) is 10.9. The Morgan fingerprint density at radius 2 is 1.72 bits per heavy atom. The number of fused-ring (bicyclic) bond motifs is 5. The first-order valence-electron chi connectivity index (χ1n) is 10.9. The highest BCUT2D eigenvalue weighted by molar-refractivity contribution is 6.09. The third-order valence-electron chi connectivity index (χ3n) is 6.33. The second-order valence-corrected chi connectivity index (χ2v) is 8.17. The number of nitrogens with zero attached hydrogens (tertiary/aromatic N) is 2. The van der Waals surface area contributed by atoms with Gasteiger partial charge in [0, 0.05) is 24.0 Å². The lowest BCUT2D eigenvalue weighted by atomic mass is 9.89. The molecule has 0 N–H and O–H groups in total. The highest BCUT2D eigenvalue weighted by Crippen LogP contribution is 2.37. The molecule has 0 saturated heterocycles. The van der Waals surface area contributed by atoms with E-state index in [1.54, 1.807) is 0 Å². The van der Waals surface area contributed by atoms with Gasteiger partial charge in [0.1, 0.15) is 0 Å². The lowest BCUT2D eigenvalue weighted by Crippen LogP contribution is -2.32. The fourth-order valence-corrected chi connectivity index (χ4v) is 4.82. The minimum absolute atomic E-state index is 1.00. The van der Waals surface area contributed by atoms with Crippen LogP contribution in [0, 0.1) is 0 Å². The largest absolute Gasteiger partial charge is 0.299 e. The molecule has 1 aromatic heterocycles. The average Bonchev–Trinajstić information content (AvgIpc) is 2.78. The summed E-state index contributed by atoms with van der Waals surface area (Å²) in [6.45, 7) is 7.77. The Bertz CT molecular complexity index is 1170. The van der Waals surface area contributed by atoms with Crippen molar-refractivity contribution >= 4 is 21.7 Å². The van der Waals surface area contributed by atoms with Crippen LogP contribution in [-0.4, -0.2) is 23.0 Å². The summed E-state index contributed by atoms with van der Waals surface area (Å²) in [7, 11) is 0. The number of hydrogen-bond donors (Lipinski definition) is 0. The molecule has 2 nitrogen and oxygen atoms in total. The monoisotopic (exact) mass is 380 g/mol. The van der Waals surface area contributed by atoms with Crippen LogP contribution < -0.4 is 0 Å². The normalized spacial score (nSPS) is 14.4. The second kappa shape index (κ2) is 7.61. The summed E-state index contributed by atoms with van der Waals surface area (Å²) in [5, 5.41) is 4.01. The van der Waals surface area contributed by atoms with Crippen molar-refractivity contribution in [3.8, 4) is 11.3 Å². The first kappa shape index (κ1) is 18.3. The van der Waals surface area contributed by atoms with Crippen molar-refractivity contribution < 1.29 is 0 Å². The maximum atomic E-state index is 5.23. The molecule has 5 rings (SSSR count). The SMILES string of the molecule is CCCN1CCc2c(c(-c3ccc(CC)cc3)nc3ccc4ccccc4c23)C1. The number of hydrogen-bond acceptors (Lipinski definition) is 2. The summed E-state index contributed by atoms with van der Waals surface area (Å²) in [6.07, 6.45) is 3.36. The minimum atomic E-state index is 1.00. The van der Waals surface area contributed by atoms with Crippen LogP contribution in [0.2, 0.25) is 0 Å². The van der Waals surface area contributed by atoms with E-state index in [1.165, 1.54) is 50.5 Å². The highest BCUT2D eigenvalue weighted by atomic mass is 15.1. The van der Waals surface area contributed by atoms with E-state index >= 15 is 0 Å². The van der Waals surface area contributed by atoms with E-state index in [0.717, 1.165) is 38.0 Å². The number of pyridine rings is 1. The van der Waals surface area contributed by atoms with E-state index in [0.29, 0.717) is 0 Å². The number of rotatable bonds is 4. The summed E-state index contributed by atoms with van der Waals surface area (Å²) < 4.78 is 0. The van der Waals surface area contributed by atoms with Gasteiger partial charge < -0.3 is 0 Å². The van der Waals surface area contributed by atoms with Gasteiger partial charge in [-0.25, -0.2) is 4.98 Å². The van der Waals surface area contributed by atoms with Crippen LogP contribution in [0.3, 0.4) is 0 Å². The number of benzene rings is 3. The Labute approximate surface area is 173 Å². The van der Waals surface area contributed by atoms with Gasteiger partial charge in [-0.3, -0.25) is 4.90 Å². The molecule has 4 aromatic rings. The molecule has 2 heteroatoms. The van der Waals surface area contributed by atoms with Crippen LogP contribution in [0.1, 0.15) is 37.0 Å². The van der Waals surface area contributed by atoms with Crippen molar-refractivity contribution in [2.45, 2.75) is 39.7 Å². The van der Waals surface area contributed by atoms with Crippen LogP contribution in [0.5, 0.6) is 0 Å². The van der Waals surface area contributed by atoms with Gasteiger partial charge in [-0.1, -0.05) is 68.4 Å². The van der Waals surface area contributed by atoms with E-state index in [-0.39, 0.29) is 0 Å². The molecule has 0 spiro atoms. The second-order valence-electron chi connectivity index (χ2n) is 8.17. The molecule has 0 aliphatic carbocycles. The van der Waals surface area contributed by atoms with Gasteiger partial charge in [-0.15, -0.1) is 0 Å². The van der Waals surface area contributed by atoms with Crippen molar-refractivity contribution in [3.05, 3.63) is 77.4 Å². The van der Waals surface area contributed by atoms with Crippen molar-refractivity contribution in [3.63, 3.8) is 0 Å². The summed E-state index contributed by atoms with van der Waals surface area (Å²) in [5.74, 6) is 0. The third kappa shape index (κ3) is 3.22. The zero-order chi connectivity index (χ0) is 19.8. The molecule has 1 aliphatic rings. The molecule has 0 saturated carbocycles. The summed E-state index contributed by atoms with van der Waals surface area (Å²) in [5.41, 5.74) is 7.85. The summed E-state index contributed by atoms with van der Waals surface area (Å²) in [4.78, 5) is 7.82. The van der Waals surface area contributed by atoms with E-state index < -0.39 is 0 Å². The molecule has 0 amide bonds. The Hall–Kier alpha value is -2.71. The predicted molar refractivity (Wildman–Crippen MR) is 123 cm³/mol. The Morgan fingerprint density at radius 1 is 0.897 bits per heavy atom. The maximum Gasteiger partial charge on any atom is 0.0757 e. The molecule has 0 bridgehead atoms. The average molecular weight is 381 g/mol. The molecule has 146 valence electrons. The molecule has 0 fully saturated rings. The number of aryl methyl sites for hydroxylation is 1. The van der Waals surface area contributed by atoms with E-state index in [9.17, 15) is 0 Å². The van der Waals surface area contributed by atoms with Gasteiger partial charge in [-0.2, -0.15) is 0 Å². The molecule has 2 heterocycles. The van der Waals surface area contributed by atoms with E-state index in [2.05, 4.69) is 79.4 Å². The lowest BCUT2D eigenvalue weighted by Gasteiger charge is -2.31. The zero-order valence-corrected chi connectivity index (χ0v) is 17.4. The fraction of sp³-hybridized carbons (Fsp3) is 0.296. The van der Waals surface area contributed by atoms with E-state index in [1.807, 2.05) is 0 Å². The number of aromatic nitrogens is 1. The maximum absolute atomic E-state index is 5.23. The van der Waals surface area contributed by atoms with Crippen LogP contribution in [0.25, 0.3) is 32.9 Å². The van der Waals surface area contributed by atoms with Crippen LogP contribution >= 0.6 is 0 Å². The molecule has 0 atom stereocenters. The zero-order valence-electron chi connectivity index (χ0n) is 17.4. The first-order chi connectivity index (χ1) is 14.3. The van der Waals surface area contributed by atoms with Crippen LogP contribution in [-0.2, 0) is 19.4 Å². The van der Waals surface area contributed by atoms with Crippen LogP contribution in [0.4, 0.5) is 0 Å². The smallest absolute Gasteiger partial charge is 0.0757 e. The van der Waals surface area contributed by atoms with Gasteiger partial charge >= 0.3 is 0 Å². The highest BCUT2D eigenvalue weighted by Gasteiger charge is 2.24. The van der Waals surface area contributed by atoms with Crippen LogP contribution in [0.15, 0.2) is 60.7 Å². The molecular formula is C27H28N2. The topological polar surface area (TPSA) is 16.1 Å². The lowest BCUT2D eigenvalue weighted by molar-refractivity contribution is 0.255. The van der Waals surface area contributed by atoms with Gasteiger partial charge in [0.15, 0.2) is 0 Å². The Balaban J connectivity index is 1.78. The van der Waals surface area contributed by atoms with Gasteiger partial charge in [0.05, 0.1) is 11.2 Å². The molecule has 0 unspecified atom stereocenters. The quantitative estimate of drug-likeness (QED) is 0.382. The molecular weight excluding hydrogens is 352 g/mol. The minimum Gasteiger partial charge on any atom is -0.299 e. The van der Waals surface area contributed by atoms with Crippen molar-refractivity contribution in [1.29, 1.82) is 0 Å². The molecule has 29 heavy (non-hydrogen) atoms. The fourth-order valence-electron chi connectivity index (χ4n) is 4.82. The van der Waals surface area contributed by atoms with Gasteiger partial charge in [0.25, 0.3) is 0 Å². The molecule has 0 radical (unpaired) electrons. The van der Waals surface area contributed by atoms with Crippen molar-refractivity contribution in [1.82, 2.24) is 9.88 Å². The molecule has 3 aromatic carbocycles. The van der Waals surface area contributed by atoms with Gasteiger partial charge in [-0.05, 0) is 59.3 Å². The van der Waals surface area contributed by atoms with Crippen molar-refractivity contribution in [2.24, 2.45) is 0 Å².